The second-order valence-electron chi connectivity index (χ2n) is 3.58. The Bertz CT molecular complexity index is 377. The molecule has 1 aliphatic rings. The number of nitrogens with zero attached hydrogens (tertiary/aromatic N) is 2. The van der Waals surface area contributed by atoms with Gasteiger partial charge in [0.1, 0.15) is 11.3 Å². The summed E-state index contributed by atoms with van der Waals surface area (Å²) in [5.74, 6) is 0. The Hall–Kier alpha value is -1.01. The van der Waals surface area contributed by atoms with Crippen molar-refractivity contribution in [2.75, 3.05) is 18.0 Å². The highest BCUT2D eigenvalue weighted by Gasteiger charge is 2.23. The van der Waals surface area contributed by atoms with Gasteiger partial charge in [-0.3, -0.25) is 0 Å². The maximum atomic E-state index is 10.6. The molecule has 1 aliphatic heterocycles. The lowest BCUT2D eigenvalue weighted by Crippen LogP contribution is -2.38. The summed E-state index contributed by atoms with van der Waals surface area (Å²) in [6.07, 6.45) is 0.792. The molecule has 2 heterocycles. The summed E-state index contributed by atoms with van der Waals surface area (Å²) in [6, 6.07) is 0. The number of thiazole rings is 1. The second kappa shape index (κ2) is 4.88. The Labute approximate surface area is 102 Å². The molecule has 0 aromatic carbocycles. The predicted octanol–water partition coefficient (Wildman–Crippen LogP) is 1.86. The maximum Gasteiger partial charge on any atom is 0.404 e. The van der Waals surface area contributed by atoms with E-state index in [-0.39, 0.29) is 6.10 Å². The number of hydrogen-bond donors (Lipinski definition) is 1. The Kier molecular flexibility index (Phi) is 3.50. The minimum absolute atomic E-state index is 0.0656. The zero-order chi connectivity index (χ0) is 11.5. The first-order chi connectivity index (χ1) is 7.65. The molecule has 2 rings (SSSR count). The van der Waals surface area contributed by atoms with Crippen molar-refractivity contribution in [3.8, 4) is 0 Å². The first-order valence-corrected chi connectivity index (χ1v) is 6.23. The number of ether oxygens (including phenoxy) is 1. The average Bonchev–Trinajstić information content (AvgIpc) is 2.65. The van der Waals surface area contributed by atoms with E-state index in [0.717, 1.165) is 31.1 Å². The van der Waals surface area contributed by atoms with Crippen LogP contribution >= 0.6 is 22.9 Å². The fraction of sp³-hybridized carbons (Fsp3) is 0.556. The molecule has 0 atom stereocenters. The number of carbonyl (C=O) groups is 1. The van der Waals surface area contributed by atoms with Crippen molar-refractivity contribution in [2.45, 2.75) is 18.9 Å². The Morgan fingerprint density at radius 1 is 1.62 bits per heavy atom. The summed E-state index contributed by atoms with van der Waals surface area (Å²) in [5, 5.41) is 3.25. The topological polar surface area (TPSA) is 68.5 Å². The van der Waals surface area contributed by atoms with Gasteiger partial charge in [0.05, 0.1) is 0 Å². The summed E-state index contributed by atoms with van der Waals surface area (Å²) in [4.78, 5) is 16.9. The zero-order valence-electron chi connectivity index (χ0n) is 8.56. The highest BCUT2D eigenvalue weighted by atomic mass is 35.5. The molecule has 0 aliphatic carbocycles. The van der Waals surface area contributed by atoms with E-state index in [2.05, 4.69) is 9.88 Å². The van der Waals surface area contributed by atoms with E-state index < -0.39 is 6.09 Å². The predicted molar refractivity (Wildman–Crippen MR) is 63.0 cm³/mol. The van der Waals surface area contributed by atoms with Crippen LogP contribution in [-0.4, -0.2) is 30.3 Å². The number of rotatable bonds is 2. The van der Waals surface area contributed by atoms with Crippen LogP contribution in [-0.2, 0) is 4.74 Å². The number of carbonyl (C=O) groups excluding carboxylic acids is 1. The van der Waals surface area contributed by atoms with Crippen LogP contribution in [0.2, 0.25) is 5.15 Å². The van der Waals surface area contributed by atoms with Crippen LogP contribution in [0.15, 0.2) is 5.38 Å². The van der Waals surface area contributed by atoms with Crippen LogP contribution in [0.3, 0.4) is 0 Å². The fourth-order valence-corrected chi connectivity index (χ4v) is 2.72. The summed E-state index contributed by atoms with van der Waals surface area (Å²) in [6.45, 7) is 1.61. The molecule has 1 amide bonds. The van der Waals surface area contributed by atoms with Crippen molar-refractivity contribution >= 4 is 34.2 Å². The van der Waals surface area contributed by atoms with Crippen LogP contribution in [0, 0.1) is 0 Å². The number of anilines is 1. The van der Waals surface area contributed by atoms with E-state index in [4.69, 9.17) is 22.1 Å². The Morgan fingerprint density at radius 3 is 2.81 bits per heavy atom. The molecule has 0 unspecified atom stereocenters. The molecule has 0 bridgehead atoms. The first kappa shape index (κ1) is 11.5. The van der Waals surface area contributed by atoms with Gasteiger partial charge in [-0.2, -0.15) is 0 Å². The van der Waals surface area contributed by atoms with Gasteiger partial charge in [-0.25, -0.2) is 9.78 Å². The Balaban J connectivity index is 1.87. The van der Waals surface area contributed by atoms with E-state index >= 15 is 0 Å². The SMILES string of the molecule is NC(=O)OC1CCN(c2nc(Cl)cs2)CC1. The number of piperidine rings is 1. The number of halogens is 1. The standard InChI is InChI=1S/C9H12ClN3O2S/c10-7-5-16-9(12-7)13-3-1-6(2-4-13)15-8(11)14/h5-6H,1-4H2,(H2,11,14). The van der Waals surface area contributed by atoms with Gasteiger partial charge >= 0.3 is 6.09 Å². The lowest BCUT2D eigenvalue weighted by atomic mass is 10.1. The third-order valence-electron chi connectivity index (χ3n) is 2.46. The lowest BCUT2D eigenvalue weighted by molar-refractivity contribution is 0.0912. The van der Waals surface area contributed by atoms with Gasteiger partial charge in [0, 0.05) is 31.3 Å². The molecule has 2 N–H and O–H groups in total. The van der Waals surface area contributed by atoms with Crippen molar-refractivity contribution in [3.05, 3.63) is 10.5 Å². The van der Waals surface area contributed by atoms with Gasteiger partial charge in [0.25, 0.3) is 0 Å². The molecule has 16 heavy (non-hydrogen) atoms. The molecule has 0 spiro atoms. The Morgan fingerprint density at radius 2 is 2.31 bits per heavy atom. The van der Waals surface area contributed by atoms with Crippen molar-refractivity contribution in [3.63, 3.8) is 0 Å². The minimum atomic E-state index is -0.698. The van der Waals surface area contributed by atoms with Gasteiger partial charge in [0.15, 0.2) is 5.13 Å². The summed E-state index contributed by atoms with van der Waals surface area (Å²) < 4.78 is 4.95. The molecule has 5 nitrogen and oxygen atoms in total. The van der Waals surface area contributed by atoms with E-state index in [1.807, 2.05) is 5.38 Å². The van der Waals surface area contributed by atoms with Crippen molar-refractivity contribution in [2.24, 2.45) is 5.73 Å². The highest BCUT2D eigenvalue weighted by Crippen LogP contribution is 2.26. The fourth-order valence-electron chi connectivity index (χ4n) is 1.72. The van der Waals surface area contributed by atoms with E-state index in [0.29, 0.717) is 5.15 Å². The normalized spacial score (nSPS) is 17.4. The van der Waals surface area contributed by atoms with E-state index in [1.165, 1.54) is 11.3 Å². The number of primary amides is 1. The molecule has 7 heteroatoms. The van der Waals surface area contributed by atoms with Gasteiger partial charge in [-0.1, -0.05) is 11.6 Å². The molecule has 0 radical (unpaired) electrons. The van der Waals surface area contributed by atoms with Crippen LogP contribution in [0.1, 0.15) is 12.8 Å². The van der Waals surface area contributed by atoms with Crippen LogP contribution in [0.5, 0.6) is 0 Å². The maximum absolute atomic E-state index is 10.6. The molecule has 1 fully saturated rings. The van der Waals surface area contributed by atoms with Crippen molar-refractivity contribution in [1.82, 2.24) is 4.98 Å². The molecular formula is C9H12ClN3O2S. The minimum Gasteiger partial charge on any atom is -0.446 e. The van der Waals surface area contributed by atoms with Crippen LogP contribution in [0.4, 0.5) is 9.93 Å². The lowest BCUT2D eigenvalue weighted by Gasteiger charge is -2.30. The van der Waals surface area contributed by atoms with Crippen molar-refractivity contribution < 1.29 is 9.53 Å². The third kappa shape index (κ3) is 2.76. The number of amides is 1. The van der Waals surface area contributed by atoms with Gasteiger partial charge < -0.3 is 15.4 Å². The smallest absolute Gasteiger partial charge is 0.404 e. The second-order valence-corrected chi connectivity index (χ2v) is 4.80. The van der Waals surface area contributed by atoms with E-state index in [1.54, 1.807) is 0 Å². The monoisotopic (exact) mass is 261 g/mol. The summed E-state index contributed by atoms with van der Waals surface area (Å²) in [7, 11) is 0. The van der Waals surface area contributed by atoms with Crippen molar-refractivity contribution in [1.29, 1.82) is 0 Å². The molecule has 1 aromatic heterocycles. The molecular weight excluding hydrogens is 250 g/mol. The summed E-state index contributed by atoms with van der Waals surface area (Å²) >= 11 is 7.29. The van der Waals surface area contributed by atoms with Gasteiger partial charge in [-0.15, -0.1) is 11.3 Å². The number of aromatic nitrogens is 1. The number of hydrogen-bond acceptors (Lipinski definition) is 5. The molecule has 0 saturated carbocycles. The van der Waals surface area contributed by atoms with Crippen LogP contribution < -0.4 is 10.6 Å². The molecule has 88 valence electrons. The highest BCUT2D eigenvalue weighted by molar-refractivity contribution is 7.14. The average molecular weight is 262 g/mol. The first-order valence-electron chi connectivity index (χ1n) is 4.97. The molecule has 1 aromatic rings. The largest absolute Gasteiger partial charge is 0.446 e. The quantitative estimate of drug-likeness (QED) is 0.882. The van der Waals surface area contributed by atoms with E-state index in [9.17, 15) is 4.79 Å². The van der Waals surface area contributed by atoms with Gasteiger partial charge in [0.2, 0.25) is 0 Å². The van der Waals surface area contributed by atoms with Crippen LogP contribution in [0.25, 0.3) is 0 Å². The third-order valence-corrected chi connectivity index (χ3v) is 3.68. The number of nitrogens with two attached hydrogens (primary N) is 1. The summed E-state index contributed by atoms with van der Waals surface area (Å²) in [5.41, 5.74) is 4.97. The van der Waals surface area contributed by atoms with Gasteiger partial charge in [-0.05, 0) is 0 Å². The molecule has 1 saturated heterocycles. The zero-order valence-corrected chi connectivity index (χ0v) is 10.1.